The Kier molecular flexibility index (Phi) is 5.78. The van der Waals surface area contributed by atoms with Gasteiger partial charge in [0.05, 0.1) is 17.3 Å². The first-order valence-electron chi connectivity index (χ1n) is 7.19. The van der Waals surface area contributed by atoms with Gasteiger partial charge < -0.3 is 10.1 Å². The summed E-state index contributed by atoms with van der Waals surface area (Å²) in [6.07, 6.45) is 3.91. The van der Waals surface area contributed by atoms with Crippen molar-refractivity contribution in [2.45, 2.75) is 26.3 Å². The average Bonchev–Trinajstić information content (AvgIpc) is 2.52. The fourth-order valence-corrected chi connectivity index (χ4v) is 2.07. The number of ether oxygens (including phenoxy) is 1. The number of pyridine rings is 1. The predicted molar refractivity (Wildman–Crippen MR) is 87.5 cm³/mol. The number of carbonyl (C=O) groups excluding carboxylic acids is 1. The minimum atomic E-state index is -0.0975. The number of hydrogen-bond acceptors (Lipinski definition) is 3. The Morgan fingerprint density at radius 3 is 2.68 bits per heavy atom. The van der Waals surface area contributed by atoms with Crippen LogP contribution in [0.4, 0.5) is 0 Å². The first-order valence-corrected chi connectivity index (χ1v) is 7.57. The van der Waals surface area contributed by atoms with Gasteiger partial charge in [0.15, 0.2) is 0 Å². The second-order valence-electron chi connectivity index (χ2n) is 5.09. The molecule has 0 saturated carbocycles. The van der Waals surface area contributed by atoms with Crippen LogP contribution in [0.3, 0.4) is 0 Å². The quantitative estimate of drug-likeness (QED) is 0.884. The van der Waals surface area contributed by atoms with E-state index in [9.17, 15) is 4.79 Å². The number of benzene rings is 1. The molecule has 0 fully saturated rings. The number of carbonyl (C=O) groups is 1. The molecule has 0 aliphatic carbocycles. The second kappa shape index (κ2) is 7.80. The molecule has 0 aliphatic heterocycles. The van der Waals surface area contributed by atoms with Gasteiger partial charge in [0, 0.05) is 17.8 Å². The van der Waals surface area contributed by atoms with Crippen LogP contribution in [0.5, 0.6) is 5.75 Å². The van der Waals surface area contributed by atoms with E-state index < -0.39 is 0 Å². The van der Waals surface area contributed by atoms with E-state index in [0.29, 0.717) is 22.9 Å². The Hall–Kier alpha value is -2.07. The van der Waals surface area contributed by atoms with Gasteiger partial charge in [-0.2, -0.15) is 0 Å². The van der Waals surface area contributed by atoms with Crippen LogP contribution in [0.15, 0.2) is 42.7 Å². The molecule has 116 valence electrons. The Morgan fingerprint density at radius 2 is 2.05 bits per heavy atom. The minimum absolute atomic E-state index is 0.0761. The van der Waals surface area contributed by atoms with Crippen LogP contribution < -0.4 is 10.1 Å². The number of aromatic nitrogens is 1. The third kappa shape index (κ3) is 4.74. The fourth-order valence-electron chi connectivity index (χ4n) is 1.90. The molecule has 1 heterocycles. The van der Waals surface area contributed by atoms with Crippen LogP contribution in [0.25, 0.3) is 0 Å². The largest absolute Gasteiger partial charge is 0.490 e. The molecule has 2 rings (SSSR count). The van der Waals surface area contributed by atoms with E-state index in [1.165, 1.54) is 0 Å². The smallest absolute Gasteiger partial charge is 0.251 e. The lowest BCUT2D eigenvalue weighted by molar-refractivity contribution is 0.0920. The van der Waals surface area contributed by atoms with Crippen molar-refractivity contribution in [1.29, 1.82) is 0 Å². The van der Waals surface area contributed by atoms with Crippen LogP contribution in [0, 0.1) is 6.92 Å². The number of aryl methyl sites for hydroxylation is 1. The van der Waals surface area contributed by atoms with Crippen molar-refractivity contribution in [1.82, 2.24) is 10.3 Å². The lowest BCUT2D eigenvalue weighted by atomic mass is 10.1. The van der Waals surface area contributed by atoms with Gasteiger partial charge in [-0.05, 0) is 25.5 Å². The number of rotatable bonds is 6. The van der Waals surface area contributed by atoms with E-state index in [1.807, 2.05) is 38.1 Å². The maximum atomic E-state index is 12.2. The van der Waals surface area contributed by atoms with E-state index in [1.54, 1.807) is 18.5 Å². The van der Waals surface area contributed by atoms with Crippen LogP contribution in [0.1, 0.15) is 29.3 Å². The highest BCUT2D eigenvalue weighted by atomic mass is 35.5. The van der Waals surface area contributed by atoms with Gasteiger partial charge >= 0.3 is 0 Å². The van der Waals surface area contributed by atoms with Gasteiger partial charge in [-0.25, -0.2) is 0 Å². The fraction of sp³-hybridized carbons (Fsp3) is 0.294. The first kappa shape index (κ1) is 16.3. The van der Waals surface area contributed by atoms with Gasteiger partial charge in [0.2, 0.25) is 0 Å². The van der Waals surface area contributed by atoms with Gasteiger partial charge in [0.1, 0.15) is 12.4 Å². The summed E-state index contributed by atoms with van der Waals surface area (Å²) in [6, 6.07) is 9.10. The molecule has 1 aromatic carbocycles. The van der Waals surface area contributed by atoms with E-state index >= 15 is 0 Å². The standard InChI is InChI=1S/C17H19ClN2O2/c1-3-15(11-22-16-8-14(18)9-19-10-16)20-17(21)13-6-4-12(2)5-7-13/h4-10,15H,3,11H2,1-2H3,(H,20,21). The Morgan fingerprint density at radius 1 is 1.32 bits per heavy atom. The summed E-state index contributed by atoms with van der Waals surface area (Å²) in [5.74, 6) is 0.496. The molecule has 0 aliphatic rings. The number of nitrogens with one attached hydrogen (secondary N) is 1. The SMILES string of the molecule is CCC(COc1cncc(Cl)c1)NC(=O)c1ccc(C)cc1. The lowest BCUT2D eigenvalue weighted by Crippen LogP contribution is -2.38. The molecule has 0 spiro atoms. The molecule has 0 saturated heterocycles. The molecule has 5 heteroatoms. The molecular weight excluding hydrogens is 300 g/mol. The van der Waals surface area contributed by atoms with Crippen LogP contribution in [-0.4, -0.2) is 23.5 Å². The third-order valence-electron chi connectivity index (χ3n) is 3.27. The van der Waals surface area contributed by atoms with Crippen molar-refractivity contribution >= 4 is 17.5 Å². The Labute approximate surface area is 135 Å². The van der Waals surface area contributed by atoms with Crippen LogP contribution >= 0.6 is 11.6 Å². The van der Waals surface area contributed by atoms with Crippen molar-refractivity contribution in [2.75, 3.05) is 6.61 Å². The van der Waals surface area contributed by atoms with Gasteiger partial charge in [-0.3, -0.25) is 9.78 Å². The Balaban J connectivity index is 1.91. The molecule has 1 amide bonds. The van der Waals surface area contributed by atoms with E-state index in [4.69, 9.17) is 16.3 Å². The summed E-state index contributed by atoms with van der Waals surface area (Å²) >= 11 is 5.86. The van der Waals surface area contributed by atoms with Crippen molar-refractivity contribution in [3.05, 3.63) is 58.9 Å². The summed E-state index contributed by atoms with van der Waals surface area (Å²) in [5, 5.41) is 3.49. The van der Waals surface area contributed by atoms with Gasteiger partial charge in [0.25, 0.3) is 5.91 Å². The second-order valence-corrected chi connectivity index (χ2v) is 5.53. The highest BCUT2D eigenvalue weighted by Gasteiger charge is 2.13. The van der Waals surface area contributed by atoms with Gasteiger partial charge in [-0.1, -0.05) is 36.2 Å². The van der Waals surface area contributed by atoms with Crippen molar-refractivity contribution in [3.8, 4) is 5.75 Å². The molecular formula is C17H19ClN2O2. The molecule has 1 N–H and O–H groups in total. The van der Waals surface area contributed by atoms with Crippen molar-refractivity contribution < 1.29 is 9.53 Å². The van der Waals surface area contributed by atoms with Crippen LogP contribution in [-0.2, 0) is 0 Å². The zero-order valence-corrected chi connectivity index (χ0v) is 13.4. The van der Waals surface area contributed by atoms with Crippen molar-refractivity contribution in [3.63, 3.8) is 0 Å². The molecule has 0 bridgehead atoms. The van der Waals surface area contributed by atoms with Crippen LogP contribution in [0.2, 0.25) is 5.02 Å². The number of halogens is 1. The molecule has 2 aromatic rings. The molecule has 4 nitrogen and oxygen atoms in total. The summed E-state index contributed by atoms with van der Waals surface area (Å²) in [7, 11) is 0. The highest BCUT2D eigenvalue weighted by Crippen LogP contribution is 2.15. The molecule has 0 radical (unpaired) electrons. The van der Waals surface area contributed by atoms with E-state index in [-0.39, 0.29) is 11.9 Å². The summed E-state index contributed by atoms with van der Waals surface area (Å²) in [6.45, 7) is 4.36. The molecule has 1 aromatic heterocycles. The van der Waals surface area contributed by atoms with E-state index in [0.717, 1.165) is 12.0 Å². The number of amides is 1. The monoisotopic (exact) mass is 318 g/mol. The summed E-state index contributed by atoms with van der Waals surface area (Å²) in [5.41, 5.74) is 1.77. The maximum absolute atomic E-state index is 12.2. The van der Waals surface area contributed by atoms with Gasteiger partial charge in [-0.15, -0.1) is 0 Å². The zero-order valence-electron chi connectivity index (χ0n) is 12.7. The topological polar surface area (TPSA) is 51.2 Å². The lowest BCUT2D eigenvalue weighted by Gasteiger charge is -2.18. The third-order valence-corrected chi connectivity index (χ3v) is 3.48. The van der Waals surface area contributed by atoms with E-state index in [2.05, 4.69) is 10.3 Å². The zero-order chi connectivity index (χ0) is 15.9. The molecule has 1 unspecified atom stereocenters. The Bertz CT molecular complexity index is 629. The summed E-state index contributed by atoms with van der Waals surface area (Å²) < 4.78 is 5.63. The number of nitrogens with zero attached hydrogens (tertiary/aromatic N) is 1. The maximum Gasteiger partial charge on any atom is 0.251 e. The highest BCUT2D eigenvalue weighted by molar-refractivity contribution is 6.30. The molecule has 1 atom stereocenters. The first-order chi connectivity index (χ1) is 10.6. The normalized spacial score (nSPS) is 11.8. The molecule has 22 heavy (non-hydrogen) atoms. The number of hydrogen-bond donors (Lipinski definition) is 1. The predicted octanol–water partition coefficient (Wildman–Crippen LogP) is 3.63. The van der Waals surface area contributed by atoms with Crippen molar-refractivity contribution in [2.24, 2.45) is 0 Å². The minimum Gasteiger partial charge on any atom is -0.490 e. The summed E-state index contributed by atoms with van der Waals surface area (Å²) in [4.78, 5) is 16.2. The average molecular weight is 319 g/mol.